The van der Waals surface area contributed by atoms with Gasteiger partial charge in [0.2, 0.25) is 5.91 Å². The Morgan fingerprint density at radius 2 is 1.62 bits per heavy atom. The van der Waals surface area contributed by atoms with Crippen molar-refractivity contribution in [3.8, 4) is 11.1 Å². The molecule has 47 heavy (non-hydrogen) atoms. The highest BCUT2D eigenvalue weighted by atomic mass is 35.5. The van der Waals surface area contributed by atoms with Gasteiger partial charge >= 0.3 is 0 Å². The molecule has 0 heterocycles. The molecule has 1 unspecified atom stereocenters. The fourth-order valence-electron chi connectivity index (χ4n) is 4.70. The fourth-order valence-corrected chi connectivity index (χ4v) is 5.58. The molecule has 1 atom stereocenters. The van der Waals surface area contributed by atoms with Crippen LogP contribution in [0.3, 0.4) is 0 Å². The Hall–Kier alpha value is -4.02. The summed E-state index contributed by atoms with van der Waals surface area (Å²) >= 11 is 12.4. The van der Waals surface area contributed by atoms with E-state index in [1.807, 2.05) is 30.3 Å². The highest BCUT2D eigenvalue weighted by molar-refractivity contribution is 7.85. The van der Waals surface area contributed by atoms with Crippen LogP contribution in [-0.2, 0) is 21.3 Å². The van der Waals surface area contributed by atoms with Gasteiger partial charge in [-0.2, -0.15) is 8.42 Å². The van der Waals surface area contributed by atoms with Crippen LogP contribution in [0.4, 0.5) is 10.1 Å². The molecule has 0 aliphatic heterocycles. The number of benzene rings is 4. The van der Waals surface area contributed by atoms with E-state index in [4.69, 9.17) is 27.8 Å². The van der Waals surface area contributed by atoms with E-state index in [1.165, 1.54) is 12.1 Å². The van der Waals surface area contributed by atoms with Crippen LogP contribution in [0.15, 0.2) is 91.0 Å². The first-order valence-corrected chi connectivity index (χ1v) is 17.1. The average molecular weight is 698 g/mol. The predicted molar refractivity (Wildman–Crippen MR) is 187 cm³/mol. The number of carbonyl (C=O) groups excluding carboxylic acids is 2. The van der Waals surface area contributed by atoms with Gasteiger partial charge in [0, 0.05) is 27.7 Å². The molecule has 246 valence electrons. The predicted octanol–water partition coefficient (Wildman–Crippen LogP) is 8.44. The molecule has 4 rings (SSSR count). The second-order valence-corrected chi connectivity index (χ2v) is 14.6. The molecular weight excluding hydrogens is 662 g/mol. The Morgan fingerprint density at radius 1 is 0.936 bits per heavy atom. The number of nitrogens with one attached hydrogen (secondary N) is 2. The Morgan fingerprint density at radius 3 is 2.23 bits per heavy atom. The maximum Gasteiger partial charge on any atom is 0.266 e. The lowest BCUT2D eigenvalue weighted by molar-refractivity contribution is -0.117. The van der Waals surface area contributed by atoms with E-state index in [0.29, 0.717) is 26.7 Å². The van der Waals surface area contributed by atoms with Crippen LogP contribution in [0.1, 0.15) is 53.7 Å². The van der Waals surface area contributed by atoms with Gasteiger partial charge in [-0.15, -0.1) is 0 Å². The quantitative estimate of drug-likeness (QED) is 0.136. The van der Waals surface area contributed by atoms with Crippen molar-refractivity contribution in [3.05, 3.63) is 129 Å². The third-order valence-corrected chi connectivity index (χ3v) is 8.47. The molecule has 7 nitrogen and oxygen atoms in total. The topological polar surface area (TPSA) is 113 Å². The minimum absolute atomic E-state index is 0.00442. The number of hydrogen-bond donors (Lipinski definition) is 3. The van der Waals surface area contributed by atoms with Crippen LogP contribution in [0.25, 0.3) is 17.2 Å². The monoisotopic (exact) mass is 696 g/mol. The first-order chi connectivity index (χ1) is 22.1. The highest BCUT2D eigenvalue weighted by Crippen LogP contribution is 2.33. The standard InChI is InChI=1S/C36H35Cl2FN2O5S/c1-36(2,3)17-16-23-4-8-25(9-5-23)30(20-24-6-10-26(11-7-24)34(42)40-18-19-47(44,45)46)35(43)41-33-21-27(12-15-32(33)39)29-14-13-28(37)22-31(29)38/h4-17,21-22,30H,18-20H2,1-3H3,(H,40,42)(H,41,43)(H,44,45,46)/b17-16+. The Kier molecular flexibility index (Phi) is 11.6. The van der Waals surface area contributed by atoms with Crippen LogP contribution in [0, 0.1) is 11.2 Å². The first-order valence-electron chi connectivity index (χ1n) is 14.8. The van der Waals surface area contributed by atoms with Crippen molar-refractivity contribution in [2.75, 3.05) is 17.6 Å². The van der Waals surface area contributed by atoms with Crippen molar-refractivity contribution in [2.24, 2.45) is 5.41 Å². The van der Waals surface area contributed by atoms with Crippen molar-refractivity contribution in [1.82, 2.24) is 5.32 Å². The molecule has 0 radical (unpaired) electrons. The largest absolute Gasteiger partial charge is 0.351 e. The van der Waals surface area contributed by atoms with Crippen molar-refractivity contribution in [2.45, 2.75) is 33.1 Å². The molecule has 2 amide bonds. The fraction of sp³-hybridized carbons (Fsp3) is 0.222. The number of allylic oxidation sites excluding steroid dienone is 1. The smallest absolute Gasteiger partial charge is 0.266 e. The molecule has 0 bridgehead atoms. The summed E-state index contributed by atoms with van der Waals surface area (Å²) in [6.45, 7) is 6.05. The van der Waals surface area contributed by atoms with Crippen LogP contribution < -0.4 is 10.6 Å². The second kappa shape index (κ2) is 15.3. The van der Waals surface area contributed by atoms with Gasteiger partial charge in [-0.3, -0.25) is 14.1 Å². The average Bonchev–Trinajstić information content (AvgIpc) is 2.99. The molecule has 0 aliphatic rings. The highest BCUT2D eigenvalue weighted by Gasteiger charge is 2.23. The minimum atomic E-state index is -4.21. The van der Waals surface area contributed by atoms with Crippen LogP contribution in [-0.4, -0.2) is 37.1 Å². The van der Waals surface area contributed by atoms with Gasteiger partial charge in [-0.05, 0) is 70.5 Å². The molecule has 0 fully saturated rings. The normalized spacial score (nSPS) is 12.6. The molecule has 0 saturated heterocycles. The summed E-state index contributed by atoms with van der Waals surface area (Å²) in [5.74, 6) is -2.89. The van der Waals surface area contributed by atoms with Gasteiger partial charge < -0.3 is 10.6 Å². The van der Waals surface area contributed by atoms with Gasteiger partial charge in [0.25, 0.3) is 16.0 Å². The zero-order valence-electron chi connectivity index (χ0n) is 26.1. The molecule has 11 heteroatoms. The van der Waals surface area contributed by atoms with Crippen molar-refractivity contribution in [1.29, 1.82) is 0 Å². The Balaban J connectivity index is 1.60. The lowest BCUT2D eigenvalue weighted by atomic mass is 9.89. The summed E-state index contributed by atoms with van der Waals surface area (Å²) < 4.78 is 45.8. The molecule has 0 aromatic heterocycles. The third-order valence-electron chi connectivity index (χ3n) is 7.20. The van der Waals surface area contributed by atoms with Gasteiger partial charge in [-0.25, -0.2) is 4.39 Å². The maximum atomic E-state index is 15.0. The number of halogens is 3. The van der Waals surface area contributed by atoms with Crippen molar-refractivity contribution < 1.29 is 27.0 Å². The van der Waals surface area contributed by atoms with Gasteiger partial charge in [0.15, 0.2) is 0 Å². The Labute approximate surface area is 284 Å². The third kappa shape index (κ3) is 10.8. The number of hydrogen-bond acceptors (Lipinski definition) is 4. The zero-order valence-corrected chi connectivity index (χ0v) is 28.4. The van der Waals surface area contributed by atoms with E-state index in [1.54, 1.807) is 48.5 Å². The molecule has 0 spiro atoms. The number of rotatable bonds is 11. The maximum absolute atomic E-state index is 15.0. The summed E-state index contributed by atoms with van der Waals surface area (Å²) in [6, 6.07) is 23.4. The van der Waals surface area contributed by atoms with E-state index in [0.717, 1.165) is 11.1 Å². The molecule has 4 aromatic rings. The van der Waals surface area contributed by atoms with Crippen LogP contribution in [0.2, 0.25) is 10.0 Å². The molecule has 3 N–H and O–H groups in total. The van der Waals surface area contributed by atoms with Crippen LogP contribution in [0.5, 0.6) is 0 Å². The number of amides is 2. The SMILES string of the molecule is CC(C)(C)/C=C/c1ccc(C(Cc2ccc(C(=O)NCCS(=O)(=O)O)cc2)C(=O)Nc2cc(-c3ccc(Cl)cc3Cl)ccc2F)cc1. The van der Waals surface area contributed by atoms with E-state index < -0.39 is 39.4 Å². The second-order valence-electron chi connectivity index (χ2n) is 12.2. The summed E-state index contributed by atoms with van der Waals surface area (Å²) in [4.78, 5) is 26.3. The molecular formula is C36H35Cl2FN2O5S. The molecule has 0 saturated carbocycles. The zero-order chi connectivity index (χ0) is 34.4. The first kappa shape index (κ1) is 35.8. The lowest BCUT2D eigenvalue weighted by Gasteiger charge is -2.19. The van der Waals surface area contributed by atoms with E-state index in [-0.39, 0.29) is 29.6 Å². The van der Waals surface area contributed by atoms with Crippen molar-refractivity contribution in [3.63, 3.8) is 0 Å². The molecule has 4 aromatic carbocycles. The number of anilines is 1. The lowest BCUT2D eigenvalue weighted by Crippen LogP contribution is -2.28. The van der Waals surface area contributed by atoms with E-state index in [2.05, 4.69) is 37.5 Å². The van der Waals surface area contributed by atoms with Gasteiger partial charge in [0.1, 0.15) is 5.82 Å². The summed E-state index contributed by atoms with van der Waals surface area (Å²) in [5, 5.41) is 6.05. The van der Waals surface area contributed by atoms with E-state index in [9.17, 15) is 18.0 Å². The summed E-state index contributed by atoms with van der Waals surface area (Å²) in [7, 11) is -4.21. The summed E-state index contributed by atoms with van der Waals surface area (Å²) in [6.07, 6.45) is 4.34. The van der Waals surface area contributed by atoms with Gasteiger partial charge in [-0.1, -0.05) is 105 Å². The van der Waals surface area contributed by atoms with Crippen LogP contribution >= 0.6 is 23.2 Å². The van der Waals surface area contributed by atoms with E-state index >= 15 is 4.39 Å². The summed E-state index contributed by atoms with van der Waals surface area (Å²) in [5.41, 5.74) is 3.90. The minimum Gasteiger partial charge on any atom is -0.351 e. The molecule has 0 aliphatic carbocycles. The number of carbonyl (C=O) groups is 2. The van der Waals surface area contributed by atoms with Crippen molar-refractivity contribution >= 4 is 56.9 Å². The Bertz CT molecular complexity index is 1890. The van der Waals surface area contributed by atoms with Gasteiger partial charge in [0.05, 0.1) is 17.4 Å².